The Morgan fingerprint density at radius 3 is 2.70 bits per heavy atom. The highest BCUT2D eigenvalue weighted by molar-refractivity contribution is 5.48. The minimum atomic E-state index is -2.04. The maximum Gasteiger partial charge on any atom is 0.119 e. The maximum atomic E-state index is 10.2. The van der Waals surface area contributed by atoms with Gasteiger partial charge in [0.2, 0.25) is 0 Å². The Morgan fingerprint density at radius 1 is 1.30 bits per heavy atom. The fourth-order valence-corrected chi connectivity index (χ4v) is 0.666. The highest BCUT2D eigenvalue weighted by Gasteiger charge is 1.87. The molecule has 0 N–H and O–H groups in total. The molecule has 0 unspecified atom stereocenters. The first-order valence-corrected chi connectivity index (χ1v) is 3.81. The summed E-state index contributed by atoms with van der Waals surface area (Å²) >= 11 is 0. The Balaban J connectivity index is 4.20. The van der Waals surface area contributed by atoms with Crippen LogP contribution in [0.2, 0.25) is 0 Å². The molecule has 0 amide bonds. The molecule has 0 aromatic heterocycles. The van der Waals surface area contributed by atoms with Gasteiger partial charge in [0.1, 0.15) is 6.29 Å². The minimum absolute atomic E-state index is 0.182. The van der Waals surface area contributed by atoms with Gasteiger partial charge < -0.3 is 4.79 Å². The number of hydrogen-bond acceptors (Lipinski definition) is 1. The third kappa shape index (κ3) is 7.67. The van der Waals surface area contributed by atoms with E-state index in [2.05, 4.69) is 0 Å². The SMILES string of the molecule is [2H]C([2H])(CC=O)C([2H])([2H])CCCCC. The Hall–Kier alpha value is -0.330. The van der Waals surface area contributed by atoms with Crippen molar-refractivity contribution in [2.24, 2.45) is 0 Å². The van der Waals surface area contributed by atoms with Crippen LogP contribution in [0.25, 0.3) is 0 Å². The first-order valence-electron chi connectivity index (χ1n) is 5.81. The molecule has 10 heavy (non-hydrogen) atoms. The molecule has 0 spiro atoms. The number of carbonyl (C=O) groups excluding carboxylic acids is 1. The van der Waals surface area contributed by atoms with Gasteiger partial charge in [0.25, 0.3) is 0 Å². The highest BCUT2D eigenvalue weighted by atomic mass is 16.1. The van der Waals surface area contributed by atoms with Crippen molar-refractivity contribution >= 4 is 6.29 Å². The molecule has 0 radical (unpaired) electrons. The van der Waals surface area contributed by atoms with Gasteiger partial charge in [0.05, 0.1) is 0 Å². The van der Waals surface area contributed by atoms with E-state index < -0.39 is 12.7 Å². The van der Waals surface area contributed by atoms with Gasteiger partial charge in [-0.25, -0.2) is 0 Å². The molecule has 0 aliphatic rings. The third-order valence-electron chi connectivity index (χ3n) is 1.22. The molecule has 0 rings (SSSR count). The van der Waals surface area contributed by atoms with Crippen molar-refractivity contribution in [3.63, 3.8) is 0 Å². The van der Waals surface area contributed by atoms with Crippen molar-refractivity contribution in [3.8, 4) is 0 Å². The second-order valence-corrected chi connectivity index (χ2v) is 2.18. The molecule has 60 valence electrons. The van der Waals surface area contributed by atoms with Crippen LogP contribution in [0.4, 0.5) is 0 Å². The molecule has 0 aliphatic heterocycles. The van der Waals surface area contributed by atoms with Crippen LogP contribution in [0.15, 0.2) is 0 Å². The van der Waals surface area contributed by atoms with E-state index in [0.29, 0.717) is 12.7 Å². The van der Waals surface area contributed by atoms with Gasteiger partial charge in [-0.3, -0.25) is 0 Å². The van der Waals surface area contributed by atoms with Crippen LogP contribution in [0, 0.1) is 0 Å². The first-order chi connectivity index (χ1) is 6.37. The fraction of sp³-hybridized carbons (Fsp3) is 0.889. The van der Waals surface area contributed by atoms with E-state index in [0.717, 1.165) is 12.8 Å². The van der Waals surface area contributed by atoms with Gasteiger partial charge in [0.15, 0.2) is 0 Å². The Kier molecular flexibility index (Phi) is 3.93. The maximum absolute atomic E-state index is 10.2. The summed E-state index contributed by atoms with van der Waals surface area (Å²) in [6.07, 6.45) is -1.14. The van der Waals surface area contributed by atoms with Crippen LogP contribution in [0.1, 0.15) is 57.3 Å². The average Bonchev–Trinajstić information content (AvgIpc) is 2.04. The Morgan fingerprint density at radius 2 is 2.10 bits per heavy atom. The lowest BCUT2D eigenvalue weighted by molar-refractivity contribution is -0.107. The van der Waals surface area contributed by atoms with Crippen LogP contribution >= 0.6 is 0 Å². The second kappa shape index (κ2) is 8.67. The Labute approximate surface area is 69.4 Å². The van der Waals surface area contributed by atoms with E-state index >= 15 is 0 Å². The lowest BCUT2D eigenvalue weighted by Crippen LogP contribution is -1.79. The number of rotatable bonds is 7. The topological polar surface area (TPSA) is 17.1 Å². The van der Waals surface area contributed by atoms with Crippen molar-refractivity contribution in [1.29, 1.82) is 0 Å². The summed E-state index contributed by atoms with van der Waals surface area (Å²) in [5.41, 5.74) is 0. The summed E-state index contributed by atoms with van der Waals surface area (Å²) in [6.45, 7) is 2.01. The van der Waals surface area contributed by atoms with Crippen LogP contribution in [0.5, 0.6) is 0 Å². The summed E-state index contributed by atoms with van der Waals surface area (Å²) in [5.74, 6) is 0. The summed E-state index contributed by atoms with van der Waals surface area (Å²) < 4.78 is 29.9. The summed E-state index contributed by atoms with van der Waals surface area (Å²) in [7, 11) is 0. The average molecular weight is 146 g/mol. The molecular formula is C9H18O. The largest absolute Gasteiger partial charge is 0.303 e. The molecule has 0 saturated heterocycles. The monoisotopic (exact) mass is 146 g/mol. The molecule has 1 nitrogen and oxygen atoms in total. The van der Waals surface area contributed by atoms with Gasteiger partial charge in [-0.15, -0.1) is 0 Å². The van der Waals surface area contributed by atoms with Gasteiger partial charge in [0, 0.05) is 11.9 Å². The quantitative estimate of drug-likeness (QED) is 0.398. The van der Waals surface area contributed by atoms with E-state index in [1.807, 2.05) is 6.92 Å². The number of aldehydes is 1. The van der Waals surface area contributed by atoms with E-state index in [-0.39, 0.29) is 12.8 Å². The molecule has 0 atom stereocenters. The van der Waals surface area contributed by atoms with Gasteiger partial charge in [-0.2, -0.15) is 0 Å². The van der Waals surface area contributed by atoms with Crippen LogP contribution in [-0.4, -0.2) is 6.29 Å². The molecule has 0 fully saturated rings. The molecular weight excluding hydrogens is 124 g/mol. The standard InChI is InChI=1S/C9H18O/c1-2-3-4-5-6-7-8-9-10/h9H,2-8H2,1H3/i6D2,7D2. The number of unbranched alkanes of at least 4 members (excludes halogenated alkanes) is 2. The van der Waals surface area contributed by atoms with Crippen molar-refractivity contribution in [2.45, 2.75) is 51.8 Å². The predicted octanol–water partition coefficient (Wildman–Crippen LogP) is 2.94. The Bertz CT molecular complexity index is 180. The summed E-state index contributed by atoms with van der Waals surface area (Å²) in [6, 6.07) is 0. The number of hydrogen-bond donors (Lipinski definition) is 0. The van der Waals surface area contributed by atoms with Crippen LogP contribution in [0.3, 0.4) is 0 Å². The van der Waals surface area contributed by atoms with Crippen LogP contribution < -0.4 is 0 Å². The lowest BCUT2D eigenvalue weighted by Gasteiger charge is -1.95. The zero-order valence-electron chi connectivity index (χ0n) is 10.5. The van der Waals surface area contributed by atoms with Gasteiger partial charge in [-0.05, 0) is 6.37 Å². The van der Waals surface area contributed by atoms with Crippen LogP contribution in [-0.2, 0) is 4.79 Å². The van der Waals surface area contributed by atoms with Gasteiger partial charge in [-0.1, -0.05) is 39.0 Å². The molecule has 0 saturated carbocycles. The third-order valence-corrected chi connectivity index (χ3v) is 1.22. The molecule has 0 aliphatic carbocycles. The predicted molar refractivity (Wildman–Crippen MR) is 44.1 cm³/mol. The van der Waals surface area contributed by atoms with Crippen molar-refractivity contribution in [1.82, 2.24) is 0 Å². The molecule has 0 aromatic carbocycles. The fourth-order valence-electron chi connectivity index (χ4n) is 0.666. The zero-order valence-corrected chi connectivity index (χ0v) is 6.52. The van der Waals surface area contributed by atoms with Crippen molar-refractivity contribution in [3.05, 3.63) is 0 Å². The van der Waals surface area contributed by atoms with E-state index in [1.165, 1.54) is 0 Å². The van der Waals surface area contributed by atoms with Gasteiger partial charge >= 0.3 is 0 Å². The summed E-state index contributed by atoms with van der Waals surface area (Å²) in [5, 5.41) is 0. The zero-order chi connectivity index (χ0) is 11.2. The second-order valence-electron chi connectivity index (χ2n) is 2.18. The molecule has 1 heteroatoms. The minimum Gasteiger partial charge on any atom is -0.303 e. The number of carbonyl (C=O) groups is 1. The summed E-state index contributed by atoms with van der Waals surface area (Å²) in [4.78, 5) is 10.2. The van der Waals surface area contributed by atoms with E-state index in [4.69, 9.17) is 5.48 Å². The first kappa shape index (κ1) is 4.53. The van der Waals surface area contributed by atoms with E-state index in [1.54, 1.807) is 0 Å². The molecule has 0 aromatic rings. The molecule has 0 heterocycles. The van der Waals surface area contributed by atoms with Crippen molar-refractivity contribution in [2.75, 3.05) is 0 Å². The van der Waals surface area contributed by atoms with Crippen molar-refractivity contribution < 1.29 is 10.3 Å². The smallest absolute Gasteiger partial charge is 0.119 e. The molecule has 0 bridgehead atoms. The lowest BCUT2D eigenvalue weighted by atomic mass is 10.1. The highest BCUT2D eigenvalue weighted by Crippen LogP contribution is 2.05. The van der Waals surface area contributed by atoms with E-state index in [9.17, 15) is 4.79 Å². The normalized spacial score (nSPS) is 18.5.